The van der Waals surface area contributed by atoms with E-state index >= 15 is 0 Å². The molecule has 144 valence electrons. The number of sulfonamides is 1. The molecule has 0 saturated heterocycles. The van der Waals surface area contributed by atoms with Crippen LogP contribution in [-0.4, -0.2) is 49.2 Å². The zero-order valence-corrected chi connectivity index (χ0v) is 15.6. The molecule has 0 bridgehead atoms. The van der Waals surface area contributed by atoms with E-state index in [0.29, 0.717) is 10.6 Å². The van der Waals surface area contributed by atoms with Gasteiger partial charge in [0, 0.05) is 12.5 Å². The Hall–Kier alpha value is -3.30. The molecule has 3 rings (SSSR count). The van der Waals surface area contributed by atoms with Gasteiger partial charge in [-0.15, -0.1) is 0 Å². The molecule has 0 N–H and O–H groups in total. The number of carbonyl (C=O) groups is 3. The van der Waals surface area contributed by atoms with E-state index < -0.39 is 34.4 Å². The van der Waals surface area contributed by atoms with Crippen molar-refractivity contribution in [2.75, 3.05) is 13.6 Å². The van der Waals surface area contributed by atoms with Crippen molar-refractivity contribution in [3.63, 3.8) is 0 Å². The van der Waals surface area contributed by atoms with Gasteiger partial charge in [0.1, 0.15) is 6.54 Å². The second-order valence-electron chi connectivity index (χ2n) is 5.93. The van der Waals surface area contributed by atoms with Gasteiger partial charge in [-0.2, -0.15) is 4.31 Å². The predicted molar refractivity (Wildman–Crippen MR) is 100 cm³/mol. The van der Waals surface area contributed by atoms with Crippen molar-refractivity contribution >= 4 is 33.9 Å². The molecule has 0 atom stereocenters. The summed E-state index contributed by atoms with van der Waals surface area (Å²) in [5.41, 5.74) is 0.909. The van der Waals surface area contributed by atoms with Crippen LogP contribution in [0.15, 0.2) is 60.0 Å². The highest BCUT2D eigenvalue weighted by Crippen LogP contribution is 2.22. The third-order valence-electron chi connectivity index (χ3n) is 3.97. The average molecular weight is 400 g/mol. The quantitative estimate of drug-likeness (QED) is 0.684. The maximum absolute atomic E-state index is 12.3. The summed E-state index contributed by atoms with van der Waals surface area (Å²) >= 11 is 0. The molecule has 1 heterocycles. The fourth-order valence-electron chi connectivity index (χ4n) is 2.49. The van der Waals surface area contributed by atoms with Crippen molar-refractivity contribution in [1.82, 2.24) is 9.37 Å². The summed E-state index contributed by atoms with van der Waals surface area (Å²) < 4.78 is 25.3. The lowest BCUT2D eigenvalue weighted by Gasteiger charge is -2.16. The van der Waals surface area contributed by atoms with Crippen LogP contribution in [0, 0.1) is 0 Å². The normalized spacial score (nSPS) is 14.0. The minimum Gasteiger partial charge on any atom is -0.328 e. The van der Waals surface area contributed by atoms with E-state index in [1.165, 1.54) is 25.3 Å². The number of imide groups is 1. The third kappa shape index (κ3) is 4.00. The molecule has 0 unspecified atom stereocenters. The summed E-state index contributed by atoms with van der Waals surface area (Å²) in [6, 6.07) is 14.8. The van der Waals surface area contributed by atoms with Crippen LogP contribution in [0.3, 0.4) is 0 Å². The Morgan fingerprint density at radius 1 is 1.00 bits per heavy atom. The first-order chi connectivity index (χ1) is 13.3. The van der Waals surface area contributed by atoms with Gasteiger partial charge >= 0.3 is 5.97 Å². The summed E-state index contributed by atoms with van der Waals surface area (Å²) in [6.45, 7) is -0.672. The van der Waals surface area contributed by atoms with E-state index in [2.05, 4.69) is 0 Å². The lowest BCUT2D eigenvalue weighted by molar-refractivity contribution is -0.168. The van der Waals surface area contributed by atoms with Crippen LogP contribution >= 0.6 is 0 Å². The van der Waals surface area contributed by atoms with Crippen molar-refractivity contribution < 1.29 is 27.6 Å². The van der Waals surface area contributed by atoms with Gasteiger partial charge in [-0.1, -0.05) is 47.5 Å². The molecule has 0 saturated carbocycles. The van der Waals surface area contributed by atoms with Crippen molar-refractivity contribution in [3.05, 3.63) is 76.7 Å². The molecule has 2 aromatic carbocycles. The fourth-order valence-corrected chi connectivity index (χ4v) is 3.31. The maximum atomic E-state index is 12.3. The Labute approximate surface area is 161 Å². The van der Waals surface area contributed by atoms with Crippen LogP contribution in [0.2, 0.25) is 0 Å². The van der Waals surface area contributed by atoms with E-state index in [0.717, 1.165) is 9.71 Å². The second-order valence-corrected chi connectivity index (χ2v) is 7.85. The topological polar surface area (TPSA) is 101 Å². The van der Waals surface area contributed by atoms with E-state index in [-0.39, 0.29) is 11.1 Å². The molecule has 2 amide bonds. The number of rotatable bonds is 6. The third-order valence-corrected chi connectivity index (χ3v) is 5.45. The minimum atomic E-state index is -3.90. The molecule has 8 nitrogen and oxygen atoms in total. The molecule has 1 aliphatic rings. The van der Waals surface area contributed by atoms with Gasteiger partial charge in [0.25, 0.3) is 11.8 Å². The van der Waals surface area contributed by atoms with Gasteiger partial charge in [0.05, 0.1) is 11.1 Å². The minimum absolute atomic E-state index is 0.118. The monoisotopic (exact) mass is 400 g/mol. The van der Waals surface area contributed by atoms with Gasteiger partial charge in [-0.05, 0) is 23.8 Å². The number of amides is 2. The maximum Gasteiger partial charge on any atom is 0.348 e. The second kappa shape index (κ2) is 7.75. The van der Waals surface area contributed by atoms with Crippen molar-refractivity contribution in [3.8, 4) is 0 Å². The molecule has 0 aliphatic carbocycles. The van der Waals surface area contributed by atoms with Gasteiger partial charge in [0.2, 0.25) is 10.0 Å². The van der Waals surface area contributed by atoms with E-state index in [1.807, 2.05) is 0 Å². The van der Waals surface area contributed by atoms with Crippen LogP contribution in [0.5, 0.6) is 0 Å². The Morgan fingerprint density at radius 2 is 1.54 bits per heavy atom. The van der Waals surface area contributed by atoms with Crippen LogP contribution in [-0.2, 0) is 19.7 Å². The number of nitrogens with zero attached hydrogens (tertiary/aromatic N) is 2. The van der Waals surface area contributed by atoms with Crippen LogP contribution in [0.25, 0.3) is 6.08 Å². The lowest BCUT2D eigenvalue weighted by Crippen LogP contribution is -2.38. The number of hydroxylamine groups is 2. The molecule has 0 radical (unpaired) electrons. The fraction of sp³-hybridized carbons (Fsp3) is 0.105. The molecule has 0 fully saturated rings. The summed E-state index contributed by atoms with van der Waals surface area (Å²) in [5, 5.41) is 1.30. The molecule has 0 spiro atoms. The molecule has 0 aromatic heterocycles. The van der Waals surface area contributed by atoms with Gasteiger partial charge < -0.3 is 4.84 Å². The number of carbonyl (C=O) groups excluding carboxylic acids is 3. The Kier molecular flexibility index (Phi) is 5.39. The van der Waals surface area contributed by atoms with Gasteiger partial charge in [0.15, 0.2) is 0 Å². The Balaban J connectivity index is 1.64. The van der Waals surface area contributed by atoms with E-state index in [9.17, 15) is 22.8 Å². The molecule has 9 heteroatoms. The molecule has 2 aromatic rings. The lowest BCUT2D eigenvalue weighted by atomic mass is 10.1. The van der Waals surface area contributed by atoms with Crippen molar-refractivity contribution in [2.45, 2.75) is 0 Å². The van der Waals surface area contributed by atoms with Gasteiger partial charge in [-0.3, -0.25) is 9.59 Å². The molecular formula is C19H16N2O6S. The van der Waals surface area contributed by atoms with Crippen LogP contribution in [0.1, 0.15) is 26.3 Å². The smallest absolute Gasteiger partial charge is 0.328 e. The summed E-state index contributed by atoms with van der Waals surface area (Å²) in [6.07, 6.45) is 1.39. The number of benzene rings is 2. The Morgan fingerprint density at radius 3 is 2.11 bits per heavy atom. The highest BCUT2D eigenvalue weighted by atomic mass is 32.2. The van der Waals surface area contributed by atoms with Crippen molar-refractivity contribution in [1.29, 1.82) is 0 Å². The van der Waals surface area contributed by atoms with Crippen molar-refractivity contribution in [2.24, 2.45) is 0 Å². The molecule has 1 aliphatic heterocycles. The predicted octanol–water partition coefficient (Wildman–Crippen LogP) is 1.67. The highest BCUT2D eigenvalue weighted by molar-refractivity contribution is 7.92. The van der Waals surface area contributed by atoms with Crippen LogP contribution < -0.4 is 0 Å². The molecule has 28 heavy (non-hydrogen) atoms. The Bertz CT molecular complexity index is 1030. The first-order valence-corrected chi connectivity index (χ1v) is 9.68. The summed E-state index contributed by atoms with van der Waals surface area (Å²) in [4.78, 5) is 41.2. The van der Waals surface area contributed by atoms with Gasteiger partial charge in [-0.25, -0.2) is 13.2 Å². The first-order valence-electron chi connectivity index (χ1n) is 8.17. The summed E-state index contributed by atoms with van der Waals surface area (Å²) in [7, 11) is -2.72. The highest BCUT2D eigenvalue weighted by Gasteiger charge is 2.38. The number of hydrogen-bond donors (Lipinski definition) is 0. The average Bonchev–Trinajstić information content (AvgIpc) is 2.92. The standard InChI is InChI=1S/C19H16N2O6S/c1-20(28(25,26)12-11-14-7-3-2-4-8-14)13-17(22)27-21-18(23)15-9-5-6-10-16(15)19(21)24/h2-12H,13H2,1H3/b12-11+. The number of hydrogen-bond acceptors (Lipinski definition) is 6. The number of likely N-dealkylation sites (N-methyl/N-ethyl adjacent to an activating group) is 1. The van der Waals surface area contributed by atoms with E-state index in [1.54, 1.807) is 42.5 Å². The SMILES string of the molecule is CN(CC(=O)ON1C(=O)c2ccccc2C1=O)S(=O)(=O)/C=C/c1ccccc1. The zero-order chi connectivity index (χ0) is 20.3. The van der Waals surface area contributed by atoms with E-state index in [4.69, 9.17) is 4.84 Å². The van der Waals surface area contributed by atoms with Crippen LogP contribution in [0.4, 0.5) is 0 Å². The largest absolute Gasteiger partial charge is 0.348 e. The first kappa shape index (κ1) is 19.5. The number of fused-ring (bicyclic) bond motifs is 1. The zero-order valence-electron chi connectivity index (χ0n) is 14.8. The summed E-state index contributed by atoms with van der Waals surface area (Å²) in [5.74, 6) is -2.61. The molecular weight excluding hydrogens is 384 g/mol.